The molecule has 5 rings (SSSR count). The molecule has 37 heavy (non-hydrogen) atoms. The van der Waals surface area contributed by atoms with E-state index in [1.54, 1.807) is 30.3 Å². The lowest BCUT2D eigenvalue weighted by atomic mass is 9.61. The molecule has 3 aromatic rings. The van der Waals surface area contributed by atoms with Gasteiger partial charge in [0.05, 0.1) is 37.5 Å². The Labute approximate surface area is 216 Å². The lowest BCUT2D eigenvalue weighted by Crippen LogP contribution is -2.58. The van der Waals surface area contributed by atoms with Crippen molar-refractivity contribution < 1.29 is 24.4 Å². The van der Waals surface area contributed by atoms with Gasteiger partial charge in [0.1, 0.15) is 5.75 Å². The second kappa shape index (κ2) is 8.73. The third kappa shape index (κ3) is 3.15. The molecule has 192 valence electrons. The van der Waals surface area contributed by atoms with Crippen molar-refractivity contribution in [3.05, 3.63) is 82.9 Å². The normalized spacial score (nSPS) is 29.8. The standard InChI is InChI=1S/C29H31N3O5/c1-27(19-9-7-6-8-10-19)21(17-32(2)3)25(33)28(34)24-22(15-23(35-4)31-26(24)36-5)37-29(27,28)20-13-11-18(16-30)12-14-20/h6-15,21,25,33-34H,17H2,1-5H3/t21-,25+,27+,28-,29-/m0/s1. The minimum Gasteiger partial charge on any atom is -0.481 e. The predicted molar refractivity (Wildman–Crippen MR) is 137 cm³/mol. The molecule has 1 aromatic heterocycles. The number of hydrogen-bond donors (Lipinski definition) is 2. The molecule has 1 saturated carbocycles. The molecule has 1 aliphatic heterocycles. The Hall–Kier alpha value is -3.64. The van der Waals surface area contributed by atoms with Gasteiger partial charge in [0, 0.05) is 23.9 Å². The van der Waals surface area contributed by atoms with Crippen LogP contribution in [0.15, 0.2) is 60.7 Å². The van der Waals surface area contributed by atoms with E-state index < -0.39 is 28.6 Å². The van der Waals surface area contributed by atoms with Gasteiger partial charge in [-0.05, 0) is 37.4 Å². The lowest BCUT2D eigenvalue weighted by Gasteiger charge is -2.48. The van der Waals surface area contributed by atoms with Gasteiger partial charge in [0.2, 0.25) is 11.8 Å². The van der Waals surface area contributed by atoms with Gasteiger partial charge in [-0.25, -0.2) is 0 Å². The highest BCUT2D eigenvalue weighted by Gasteiger charge is 2.81. The molecule has 0 unspecified atom stereocenters. The van der Waals surface area contributed by atoms with Crippen molar-refractivity contribution in [2.24, 2.45) is 5.92 Å². The average molecular weight is 502 g/mol. The summed E-state index contributed by atoms with van der Waals surface area (Å²) in [5, 5.41) is 34.5. The van der Waals surface area contributed by atoms with Crippen molar-refractivity contribution in [2.45, 2.75) is 29.6 Å². The van der Waals surface area contributed by atoms with Crippen molar-refractivity contribution in [3.63, 3.8) is 0 Å². The number of nitriles is 1. The number of aliphatic hydroxyl groups is 2. The van der Waals surface area contributed by atoms with E-state index in [1.807, 2.05) is 56.3 Å². The second-order valence-corrected chi connectivity index (χ2v) is 10.2. The molecule has 2 aliphatic rings. The first-order chi connectivity index (χ1) is 17.7. The summed E-state index contributed by atoms with van der Waals surface area (Å²) in [6, 6.07) is 20.5. The van der Waals surface area contributed by atoms with Crippen LogP contribution < -0.4 is 14.2 Å². The summed E-state index contributed by atoms with van der Waals surface area (Å²) in [5.41, 5.74) is -2.13. The van der Waals surface area contributed by atoms with Crippen LogP contribution >= 0.6 is 0 Å². The van der Waals surface area contributed by atoms with Crippen LogP contribution in [-0.4, -0.2) is 61.1 Å². The predicted octanol–water partition coefficient (Wildman–Crippen LogP) is 2.96. The molecule has 1 fully saturated rings. The third-order valence-electron chi connectivity index (χ3n) is 8.15. The number of aromatic nitrogens is 1. The zero-order chi connectivity index (χ0) is 26.6. The minimum absolute atomic E-state index is 0.118. The Morgan fingerprint density at radius 2 is 1.73 bits per heavy atom. The van der Waals surface area contributed by atoms with E-state index >= 15 is 0 Å². The summed E-state index contributed by atoms with van der Waals surface area (Å²) in [6.07, 6.45) is -1.26. The molecular formula is C29H31N3O5. The van der Waals surface area contributed by atoms with Gasteiger partial charge in [-0.1, -0.05) is 49.4 Å². The number of methoxy groups -OCH3 is 2. The Balaban J connectivity index is 1.92. The molecule has 0 bridgehead atoms. The third-order valence-corrected chi connectivity index (χ3v) is 8.15. The van der Waals surface area contributed by atoms with Crippen LogP contribution in [0, 0.1) is 17.2 Å². The highest BCUT2D eigenvalue weighted by molar-refractivity contribution is 5.61. The number of aliphatic hydroxyl groups excluding tert-OH is 1. The average Bonchev–Trinajstić information content (AvgIpc) is 3.27. The number of pyridine rings is 1. The maximum atomic E-state index is 12.9. The van der Waals surface area contributed by atoms with Gasteiger partial charge in [-0.2, -0.15) is 10.2 Å². The van der Waals surface area contributed by atoms with E-state index in [4.69, 9.17) is 14.2 Å². The van der Waals surface area contributed by atoms with Gasteiger partial charge in [-0.3, -0.25) is 0 Å². The summed E-state index contributed by atoms with van der Waals surface area (Å²) < 4.78 is 17.9. The van der Waals surface area contributed by atoms with E-state index in [1.165, 1.54) is 14.2 Å². The highest BCUT2D eigenvalue weighted by atomic mass is 16.5. The van der Waals surface area contributed by atoms with Crippen LogP contribution in [0.3, 0.4) is 0 Å². The fourth-order valence-electron chi connectivity index (χ4n) is 6.54. The molecule has 1 aliphatic carbocycles. The zero-order valence-electron chi connectivity index (χ0n) is 21.6. The fourth-order valence-corrected chi connectivity index (χ4v) is 6.54. The quantitative estimate of drug-likeness (QED) is 0.531. The van der Waals surface area contributed by atoms with Crippen LogP contribution in [0.25, 0.3) is 0 Å². The van der Waals surface area contributed by atoms with Crippen LogP contribution in [0.2, 0.25) is 0 Å². The Morgan fingerprint density at radius 1 is 1.05 bits per heavy atom. The first kappa shape index (κ1) is 25.0. The van der Waals surface area contributed by atoms with Crippen molar-refractivity contribution >= 4 is 0 Å². The van der Waals surface area contributed by atoms with Crippen molar-refractivity contribution in [1.82, 2.24) is 9.88 Å². The van der Waals surface area contributed by atoms with E-state index in [9.17, 15) is 15.5 Å². The van der Waals surface area contributed by atoms with Crippen molar-refractivity contribution in [1.29, 1.82) is 5.26 Å². The molecule has 2 heterocycles. The lowest BCUT2D eigenvalue weighted by molar-refractivity contribution is -0.161. The number of hydrogen-bond acceptors (Lipinski definition) is 8. The Kier molecular flexibility index (Phi) is 5.91. The van der Waals surface area contributed by atoms with E-state index in [-0.39, 0.29) is 17.3 Å². The molecule has 2 aromatic carbocycles. The first-order valence-corrected chi connectivity index (χ1v) is 12.1. The largest absolute Gasteiger partial charge is 0.481 e. The zero-order valence-corrected chi connectivity index (χ0v) is 21.6. The molecule has 0 spiro atoms. The molecule has 0 radical (unpaired) electrons. The van der Waals surface area contributed by atoms with Gasteiger partial charge in [0.15, 0.2) is 11.2 Å². The Morgan fingerprint density at radius 3 is 2.30 bits per heavy atom. The van der Waals surface area contributed by atoms with Crippen LogP contribution in [-0.2, 0) is 16.6 Å². The van der Waals surface area contributed by atoms with Crippen LogP contribution in [0.1, 0.15) is 29.2 Å². The maximum absolute atomic E-state index is 12.9. The number of nitrogens with zero attached hydrogens (tertiary/aromatic N) is 3. The maximum Gasteiger partial charge on any atom is 0.226 e. The SMILES string of the molecule is COc1cc2c(c(OC)n1)[C@]1(O)[C@H](O)[C@H](CN(C)C)[C@@](C)(c3ccccc3)[C@]1(c1ccc(C#N)cc1)O2. The fraction of sp³-hybridized carbons (Fsp3) is 0.379. The second-order valence-electron chi connectivity index (χ2n) is 10.2. The van der Waals surface area contributed by atoms with E-state index in [2.05, 4.69) is 11.1 Å². The smallest absolute Gasteiger partial charge is 0.226 e. The molecule has 2 N–H and O–H groups in total. The molecule has 0 saturated heterocycles. The minimum atomic E-state index is -1.95. The summed E-state index contributed by atoms with van der Waals surface area (Å²) in [5.74, 6) is 0.229. The Bertz CT molecular complexity index is 1360. The van der Waals surface area contributed by atoms with Gasteiger partial charge < -0.3 is 29.3 Å². The highest BCUT2D eigenvalue weighted by Crippen LogP contribution is 2.72. The first-order valence-electron chi connectivity index (χ1n) is 12.1. The summed E-state index contributed by atoms with van der Waals surface area (Å²) in [6.45, 7) is 2.50. The van der Waals surface area contributed by atoms with Crippen molar-refractivity contribution in [3.8, 4) is 23.6 Å². The topological polar surface area (TPSA) is 108 Å². The molecule has 8 heteroatoms. The number of ether oxygens (including phenoxy) is 3. The summed E-state index contributed by atoms with van der Waals surface area (Å²) in [4.78, 5) is 6.43. The molecule has 0 amide bonds. The summed E-state index contributed by atoms with van der Waals surface area (Å²) >= 11 is 0. The van der Waals surface area contributed by atoms with Gasteiger partial charge in [0.25, 0.3) is 0 Å². The monoisotopic (exact) mass is 501 g/mol. The van der Waals surface area contributed by atoms with E-state index in [0.717, 1.165) is 5.56 Å². The van der Waals surface area contributed by atoms with Gasteiger partial charge >= 0.3 is 0 Å². The van der Waals surface area contributed by atoms with Crippen LogP contribution in [0.5, 0.6) is 17.5 Å². The van der Waals surface area contributed by atoms with Crippen molar-refractivity contribution in [2.75, 3.05) is 34.9 Å². The molecule has 8 nitrogen and oxygen atoms in total. The molecular weight excluding hydrogens is 470 g/mol. The van der Waals surface area contributed by atoms with Crippen LogP contribution in [0.4, 0.5) is 0 Å². The molecule has 5 atom stereocenters. The van der Waals surface area contributed by atoms with E-state index in [0.29, 0.717) is 23.4 Å². The number of rotatable bonds is 6. The number of fused-ring (bicyclic) bond motifs is 3. The summed E-state index contributed by atoms with van der Waals surface area (Å²) in [7, 11) is 6.83. The van der Waals surface area contributed by atoms with Gasteiger partial charge in [-0.15, -0.1) is 0 Å². The number of benzene rings is 2.